The Hall–Kier alpha value is -1.86. The van der Waals surface area contributed by atoms with Gasteiger partial charge >= 0.3 is 0 Å². The highest BCUT2D eigenvalue weighted by atomic mass is 31.0. The molecule has 0 radical (unpaired) electrons. The van der Waals surface area contributed by atoms with Gasteiger partial charge in [0.05, 0.1) is 6.54 Å². The first-order valence-corrected chi connectivity index (χ1v) is 7.49. The van der Waals surface area contributed by atoms with Crippen LogP contribution >= 0.6 is 9.24 Å². The molecule has 3 nitrogen and oxygen atoms in total. The fraction of sp³-hybridized carbons (Fsp3) is 0.235. The van der Waals surface area contributed by atoms with E-state index in [1.807, 2.05) is 36.4 Å². The molecule has 0 spiro atoms. The van der Waals surface area contributed by atoms with E-state index >= 15 is 0 Å². The third-order valence-corrected chi connectivity index (χ3v) is 3.64. The second kappa shape index (κ2) is 7.80. The lowest BCUT2D eigenvalue weighted by atomic mass is 10.1. The van der Waals surface area contributed by atoms with Crippen LogP contribution in [0.15, 0.2) is 48.5 Å². The van der Waals surface area contributed by atoms with Crippen LogP contribution in [0, 0.1) is 6.92 Å². The number of benzene rings is 2. The first-order chi connectivity index (χ1) is 10.2. The number of amides is 1. The quantitative estimate of drug-likeness (QED) is 0.581. The lowest BCUT2D eigenvalue weighted by Gasteiger charge is -2.19. The Balaban J connectivity index is 1.87. The summed E-state index contributed by atoms with van der Waals surface area (Å²) in [7, 11) is 2.68. The summed E-state index contributed by atoms with van der Waals surface area (Å²) in [6, 6.07) is 15.8. The van der Waals surface area contributed by atoms with Gasteiger partial charge in [-0.3, -0.25) is 4.79 Å². The van der Waals surface area contributed by atoms with E-state index in [4.69, 9.17) is 4.74 Å². The van der Waals surface area contributed by atoms with Crippen molar-refractivity contribution in [2.24, 2.45) is 0 Å². The summed E-state index contributed by atoms with van der Waals surface area (Å²) >= 11 is 0. The minimum Gasteiger partial charge on any atom is -0.492 e. The van der Waals surface area contributed by atoms with Gasteiger partial charge in [-0.05, 0) is 35.5 Å². The lowest BCUT2D eigenvalue weighted by Crippen LogP contribution is -2.27. The molecule has 1 amide bonds. The largest absolute Gasteiger partial charge is 0.492 e. The molecular formula is C17H20NO2P. The van der Waals surface area contributed by atoms with Gasteiger partial charge in [-0.15, -0.1) is 9.24 Å². The Morgan fingerprint density at radius 2 is 1.95 bits per heavy atom. The number of nitrogens with zero attached hydrogens (tertiary/aromatic N) is 1. The van der Waals surface area contributed by atoms with Crippen LogP contribution in [0.5, 0.6) is 5.75 Å². The first-order valence-electron chi connectivity index (χ1n) is 6.91. The average Bonchev–Trinajstić information content (AvgIpc) is 2.49. The van der Waals surface area contributed by atoms with Crippen molar-refractivity contribution in [2.75, 3.05) is 13.2 Å². The number of carbonyl (C=O) groups excluding carboxylic acids is 1. The van der Waals surface area contributed by atoms with Gasteiger partial charge in [-0.25, -0.2) is 0 Å². The third-order valence-electron chi connectivity index (χ3n) is 3.28. The maximum Gasteiger partial charge on any atom is 0.210 e. The summed E-state index contributed by atoms with van der Waals surface area (Å²) in [5, 5.41) is 1.15. The maximum atomic E-state index is 11.2. The molecule has 4 heteroatoms. The fourth-order valence-electron chi connectivity index (χ4n) is 2.08. The Bertz CT molecular complexity index is 587. The topological polar surface area (TPSA) is 29.5 Å². The van der Waals surface area contributed by atoms with E-state index in [1.165, 1.54) is 5.56 Å². The van der Waals surface area contributed by atoms with Crippen molar-refractivity contribution in [2.45, 2.75) is 13.5 Å². The van der Waals surface area contributed by atoms with Gasteiger partial charge in [0.1, 0.15) is 12.4 Å². The van der Waals surface area contributed by atoms with E-state index in [9.17, 15) is 4.79 Å². The van der Waals surface area contributed by atoms with Gasteiger partial charge in [-0.1, -0.05) is 36.4 Å². The molecule has 0 saturated heterocycles. The van der Waals surface area contributed by atoms with E-state index in [0.717, 1.165) is 23.0 Å². The number of para-hydroxylation sites is 1. The molecule has 0 N–H and O–H groups in total. The number of aryl methyl sites for hydroxylation is 1. The van der Waals surface area contributed by atoms with Crippen LogP contribution in [-0.4, -0.2) is 24.5 Å². The Kier molecular flexibility index (Phi) is 5.77. The molecule has 2 aromatic rings. The summed E-state index contributed by atoms with van der Waals surface area (Å²) in [6.45, 7) is 3.73. The van der Waals surface area contributed by atoms with Gasteiger partial charge in [0.2, 0.25) is 6.41 Å². The molecule has 0 aliphatic carbocycles. The molecule has 1 atom stereocenters. The summed E-state index contributed by atoms with van der Waals surface area (Å²) in [5.41, 5.74) is 2.35. The Morgan fingerprint density at radius 3 is 2.62 bits per heavy atom. The van der Waals surface area contributed by atoms with Crippen LogP contribution in [0.4, 0.5) is 0 Å². The second-order valence-corrected chi connectivity index (χ2v) is 5.59. The van der Waals surface area contributed by atoms with Crippen molar-refractivity contribution in [1.82, 2.24) is 4.90 Å². The molecule has 0 bridgehead atoms. The monoisotopic (exact) mass is 301 g/mol. The summed E-state index contributed by atoms with van der Waals surface area (Å²) in [5.74, 6) is 0.826. The minimum absolute atomic E-state index is 0.490. The molecule has 2 rings (SSSR count). The predicted molar refractivity (Wildman–Crippen MR) is 88.9 cm³/mol. The molecule has 0 aliphatic heterocycles. The van der Waals surface area contributed by atoms with E-state index in [-0.39, 0.29) is 0 Å². The molecule has 110 valence electrons. The fourth-order valence-corrected chi connectivity index (χ4v) is 2.43. The van der Waals surface area contributed by atoms with E-state index in [2.05, 4.69) is 28.3 Å². The van der Waals surface area contributed by atoms with Crippen LogP contribution in [0.2, 0.25) is 0 Å². The SMILES string of the molecule is Cc1cc(P)ccc1CN(C=O)CCOc1ccccc1. The Labute approximate surface area is 128 Å². The molecule has 2 aromatic carbocycles. The van der Waals surface area contributed by atoms with Crippen LogP contribution in [0.1, 0.15) is 11.1 Å². The van der Waals surface area contributed by atoms with Gasteiger partial charge in [0.15, 0.2) is 0 Å². The van der Waals surface area contributed by atoms with Crippen molar-refractivity contribution in [3.05, 3.63) is 59.7 Å². The maximum absolute atomic E-state index is 11.2. The standard InChI is InChI=1S/C17H20NO2P/c1-14-11-17(21)8-7-15(14)12-18(13-19)9-10-20-16-5-3-2-4-6-16/h2-8,11,13H,9-10,12,21H2,1H3. The number of hydrogen-bond acceptors (Lipinski definition) is 2. The van der Waals surface area contributed by atoms with Gasteiger partial charge in [0.25, 0.3) is 0 Å². The van der Waals surface area contributed by atoms with Crippen LogP contribution in [0.3, 0.4) is 0 Å². The van der Waals surface area contributed by atoms with Crippen LogP contribution in [0.25, 0.3) is 0 Å². The van der Waals surface area contributed by atoms with Crippen molar-refractivity contribution in [3.63, 3.8) is 0 Å². The normalized spacial score (nSPS) is 10.2. The van der Waals surface area contributed by atoms with E-state index in [1.54, 1.807) is 4.90 Å². The molecule has 0 fully saturated rings. The number of hydrogen-bond donors (Lipinski definition) is 0. The third kappa shape index (κ3) is 4.87. The zero-order chi connectivity index (χ0) is 15.1. The summed E-state index contributed by atoms with van der Waals surface area (Å²) in [6.07, 6.45) is 0.877. The average molecular weight is 301 g/mol. The zero-order valence-corrected chi connectivity index (χ0v) is 13.3. The second-order valence-electron chi connectivity index (χ2n) is 4.92. The molecule has 1 unspecified atom stereocenters. The summed E-state index contributed by atoms with van der Waals surface area (Å²) < 4.78 is 5.62. The molecule has 0 aliphatic rings. The van der Waals surface area contributed by atoms with Crippen molar-refractivity contribution in [3.8, 4) is 5.75 Å². The van der Waals surface area contributed by atoms with Crippen LogP contribution in [-0.2, 0) is 11.3 Å². The van der Waals surface area contributed by atoms with E-state index in [0.29, 0.717) is 19.7 Å². The smallest absolute Gasteiger partial charge is 0.210 e. The van der Waals surface area contributed by atoms with Crippen molar-refractivity contribution < 1.29 is 9.53 Å². The molecule has 0 saturated carbocycles. The highest BCUT2D eigenvalue weighted by Crippen LogP contribution is 2.11. The van der Waals surface area contributed by atoms with Crippen LogP contribution < -0.4 is 10.0 Å². The molecule has 0 heterocycles. The van der Waals surface area contributed by atoms with E-state index < -0.39 is 0 Å². The minimum atomic E-state index is 0.490. The van der Waals surface area contributed by atoms with Gasteiger partial charge < -0.3 is 9.64 Å². The van der Waals surface area contributed by atoms with Crippen molar-refractivity contribution >= 4 is 21.0 Å². The highest BCUT2D eigenvalue weighted by Gasteiger charge is 2.06. The number of ether oxygens (including phenoxy) is 1. The molecular weight excluding hydrogens is 281 g/mol. The molecule has 21 heavy (non-hydrogen) atoms. The van der Waals surface area contributed by atoms with Crippen molar-refractivity contribution in [1.29, 1.82) is 0 Å². The highest BCUT2D eigenvalue weighted by molar-refractivity contribution is 7.27. The first kappa shape index (κ1) is 15.5. The lowest BCUT2D eigenvalue weighted by molar-refractivity contribution is -0.119. The number of carbonyl (C=O) groups is 1. The molecule has 0 aromatic heterocycles. The van der Waals surface area contributed by atoms with Gasteiger partial charge in [0, 0.05) is 6.54 Å². The predicted octanol–water partition coefficient (Wildman–Crippen LogP) is 2.53. The zero-order valence-electron chi connectivity index (χ0n) is 12.2. The summed E-state index contributed by atoms with van der Waals surface area (Å²) in [4.78, 5) is 12.9. The Morgan fingerprint density at radius 1 is 1.19 bits per heavy atom. The van der Waals surface area contributed by atoms with Gasteiger partial charge in [-0.2, -0.15) is 0 Å². The number of rotatable bonds is 7.